The van der Waals surface area contributed by atoms with Gasteiger partial charge in [0.05, 0.1) is 9.95 Å². The van der Waals surface area contributed by atoms with E-state index >= 15 is 0 Å². The lowest BCUT2D eigenvalue weighted by molar-refractivity contribution is -0.385. The van der Waals surface area contributed by atoms with Gasteiger partial charge >= 0.3 is 5.97 Å². The van der Waals surface area contributed by atoms with E-state index in [2.05, 4.69) is 4.98 Å². The Morgan fingerprint density at radius 3 is 2.75 bits per heavy atom. The first kappa shape index (κ1) is 12.4. The van der Waals surface area contributed by atoms with Crippen LogP contribution in [0.1, 0.15) is 12.5 Å². The molecule has 0 radical (unpaired) electrons. The minimum Gasteiger partial charge on any atom is -0.480 e. The van der Waals surface area contributed by atoms with E-state index in [0.29, 0.717) is 10.6 Å². The van der Waals surface area contributed by atoms with Gasteiger partial charge in [-0.3, -0.25) is 14.9 Å². The molecule has 1 aromatic rings. The van der Waals surface area contributed by atoms with Crippen LogP contribution in [0, 0.1) is 17.0 Å². The van der Waals surface area contributed by atoms with Crippen LogP contribution >= 0.6 is 11.8 Å². The molecule has 0 bridgehead atoms. The molecule has 0 aliphatic heterocycles. The summed E-state index contributed by atoms with van der Waals surface area (Å²) in [6.45, 7) is 3.13. The predicted molar refractivity (Wildman–Crippen MR) is 58.6 cm³/mol. The maximum absolute atomic E-state index is 10.6. The van der Waals surface area contributed by atoms with E-state index in [1.54, 1.807) is 6.92 Å². The summed E-state index contributed by atoms with van der Waals surface area (Å²) in [5, 5.41) is 19.1. The maximum atomic E-state index is 10.6. The van der Waals surface area contributed by atoms with Crippen molar-refractivity contribution in [3.05, 3.63) is 27.9 Å². The van der Waals surface area contributed by atoms with Crippen LogP contribution in [-0.2, 0) is 4.79 Å². The summed E-state index contributed by atoms with van der Waals surface area (Å²) in [6.07, 6.45) is 1.15. The molecule has 1 rings (SSSR count). The van der Waals surface area contributed by atoms with Crippen molar-refractivity contribution in [1.29, 1.82) is 0 Å². The van der Waals surface area contributed by atoms with Gasteiger partial charge in [-0.1, -0.05) is 11.8 Å². The highest BCUT2D eigenvalue weighted by Gasteiger charge is 2.16. The molecule has 0 aliphatic carbocycles. The molecule has 1 N–H and O–H groups in total. The standard InChI is InChI=1S/C9H10N2O4S/c1-5-3-8(16-6(2)9(12)13)10-4-7(5)11(14)15/h3-4,6H,1-2H3,(H,12,13). The third-order valence-corrected chi connectivity index (χ3v) is 2.92. The van der Waals surface area contributed by atoms with E-state index in [0.717, 1.165) is 18.0 Å². The van der Waals surface area contributed by atoms with Crippen molar-refractivity contribution in [3.8, 4) is 0 Å². The van der Waals surface area contributed by atoms with E-state index in [1.807, 2.05) is 0 Å². The fraction of sp³-hybridized carbons (Fsp3) is 0.333. The molecule has 0 spiro atoms. The van der Waals surface area contributed by atoms with Crippen molar-refractivity contribution in [2.45, 2.75) is 24.1 Å². The molecule has 0 fully saturated rings. The zero-order valence-corrected chi connectivity index (χ0v) is 9.52. The normalized spacial score (nSPS) is 12.1. The topological polar surface area (TPSA) is 93.3 Å². The lowest BCUT2D eigenvalue weighted by Gasteiger charge is -2.05. The molecule has 0 aromatic carbocycles. The van der Waals surface area contributed by atoms with Crippen LogP contribution in [0.2, 0.25) is 0 Å². The molecular formula is C9H10N2O4S. The lowest BCUT2D eigenvalue weighted by Crippen LogP contribution is -2.11. The molecule has 0 amide bonds. The summed E-state index contributed by atoms with van der Waals surface area (Å²) in [5.41, 5.74) is 0.410. The van der Waals surface area contributed by atoms with Crippen LogP contribution in [0.15, 0.2) is 17.3 Å². The molecule has 0 saturated heterocycles. The maximum Gasteiger partial charge on any atom is 0.316 e. The van der Waals surface area contributed by atoms with E-state index in [-0.39, 0.29) is 5.69 Å². The highest BCUT2D eigenvalue weighted by molar-refractivity contribution is 8.00. The highest BCUT2D eigenvalue weighted by Crippen LogP contribution is 2.25. The molecule has 1 aromatic heterocycles. The number of rotatable bonds is 4. The third-order valence-electron chi connectivity index (χ3n) is 1.90. The quantitative estimate of drug-likeness (QED) is 0.492. The number of carboxylic acid groups (broad SMARTS) is 1. The molecule has 7 heteroatoms. The monoisotopic (exact) mass is 242 g/mol. The van der Waals surface area contributed by atoms with Gasteiger partial charge in [-0.05, 0) is 19.9 Å². The van der Waals surface area contributed by atoms with Crippen LogP contribution in [0.3, 0.4) is 0 Å². The molecule has 6 nitrogen and oxygen atoms in total. The molecule has 16 heavy (non-hydrogen) atoms. The molecule has 1 heterocycles. The molecular weight excluding hydrogens is 232 g/mol. The largest absolute Gasteiger partial charge is 0.480 e. The first-order chi connectivity index (χ1) is 7.41. The zero-order chi connectivity index (χ0) is 12.3. The molecule has 0 saturated carbocycles. The number of carboxylic acids is 1. The number of hydrogen-bond acceptors (Lipinski definition) is 5. The fourth-order valence-electron chi connectivity index (χ4n) is 1.01. The Morgan fingerprint density at radius 1 is 1.69 bits per heavy atom. The predicted octanol–water partition coefficient (Wildman–Crippen LogP) is 1.86. The fourth-order valence-corrected chi connectivity index (χ4v) is 1.83. The summed E-state index contributed by atoms with van der Waals surface area (Å²) in [5.74, 6) is -0.942. The lowest BCUT2D eigenvalue weighted by atomic mass is 10.3. The Morgan fingerprint density at radius 2 is 2.31 bits per heavy atom. The average molecular weight is 242 g/mol. The first-order valence-corrected chi connectivity index (χ1v) is 5.30. The first-order valence-electron chi connectivity index (χ1n) is 4.42. The Balaban J connectivity index is 2.89. The molecule has 86 valence electrons. The average Bonchev–Trinajstić information content (AvgIpc) is 2.16. The Hall–Kier alpha value is -1.63. The van der Waals surface area contributed by atoms with Crippen LogP contribution in [0.5, 0.6) is 0 Å². The summed E-state index contributed by atoms with van der Waals surface area (Å²) in [6, 6.07) is 1.52. The van der Waals surface area contributed by atoms with E-state index < -0.39 is 16.1 Å². The molecule has 1 atom stereocenters. The highest BCUT2D eigenvalue weighted by atomic mass is 32.2. The van der Waals surface area contributed by atoms with Gasteiger partial charge in [0.15, 0.2) is 0 Å². The number of aryl methyl sites for hydroxylation is 1. The number of hydrogen-bond donors (Lipinski definition) is 1. The van der Waals surface area contributed by atoms with Crippen molar-refractivity contribution < 1.29 is 14.8 Å². The SMILES string of the molecule is Cc1cc(SC(C)C(=O)O)ncc1[N+](=O)[O-]. The Kier molecular flexibility index (Phi) is 3.83. The summed E-state index contributed by atoms with van der Waals surface area (Å²) < 4.78 is 0. The van der Waals surface area contributed by atoms with Gasteiger partial charge in [-0.25, -0.2) is 4.98 Å². The number of nitrogens with zero attached hydrogens (tertiary/aromatic N) is 2. The van der Waals surface area contributed by atoms with Crippen LogP contribution in [0.25, 0.3) is 0 Å². The van der Waals surface area contributed by atoms with Gasteiger partial charge in [-0.2, -0.15) is 0 Å². The van der Waals surface area contributed by atoms with Crippen LogP contribution in [0.4, 0.5) is 5.69 Å². The van der Waals surface area contributed by atoms with Gasteiger partial charge in [0.1, 0.15) is 11.4 Å². The Labute approximate surface area is 95.8 Å². The number of nitro groups is 1. The second-order valence-electron chi connectivity index (χ2n) is 3.16. The van der Waals surface area contributed by atoms with Crippen molar-refractivity contribution >= 4 is 23.4 Å². The van der Waals surface area contributed by atoms with Gasteiger partial charge in [-0.15, -0.1) is 0 Å². The summed E-state index contributed by atoms with van der Waals surface area (Å²) in [7, 11) is 0. The molecule has 1 unspecified atom stereocenters. The van der Waals surface area contributed by atoms with Gasteiger partial charge < -0.3 is 5.11 Å². The van der Waals surface area contributed by atoms with Gasteiger partial charge in [0, 0.05) is 5.56 Å². The van der Waals surface area contributed by atoms with E-state index in [1.165, 1.54) is 13.0 Å². The van der Waals surface area contributed by atoms with Gasteiger partial charge in [0.2, 0.25) is 0 Å². The van der Waals surface area contributed by atoms with Crippen molar-refractivity contribution in [2.75, 3.05) is 0 Å². The van der Waals surface area contributed by atoms with Gasteiger partial charge in [0.25, 0.3) is 5.69 Å². The minimum atomic E-state index is -0.942. The molecule has 0 aliphatic rings. The van der Waals surface area contributed by atoms with Crippen molar-refractivity contribution in [2.24, 2.45) is 0 Å². The van der Waals surface area contributed by atoms with Crippen LogP contribution < -0.4 is 0 Å². The second-order valence-corrected chi connectivity index (χ2v) is 4.53. The Bertz CT molecular complexity index is 436. The number of aliphatic carboxylic acids is 1. The zero-order valence-electron chi connectivity index (χ0n) is 8.71. The summed E-state index contributed by atoms with van der Waals surface area (Å²) >= 11 is 1.05. The minimum absolute atomic E-state index is 0.0627. The van der Waals surface area contributed by atoms with E-state index in [4.69, 9.17) is 5.11 Å². The number of pyridine rings is 1. The smallest absolute Gasteiger partial charge is 0.316 e. The van der Waals surface area contributed by atoms with E-state index in [9.17, 15) is 14.9 Å². The second kappa shape index (κ2) is 4.93. The van der Waals surface area contributed by atoms with Crippen LogP contribution in [-0.4, -0.2) is 26.2 Å². The number of thioether (sulfide) groups is 1. The number of aromatic nitrogens is 1. The van der Waals surface area contributed by atoms with Crippen molar-refractivity contribution in [3.63, 3.8) is 0 Å². The van der Waals surface area contributed by atoms with Crippen molar-refractivity contribution in [1.82, 2.24) is 4.98 Å². The summed E-state index contributed by atoms with van der Waals surface area (Å²) in [4.78, 5) is 24.5. The number of carbonyl (C=O) groups is 1. The third kappa shape index (κ3) is 2.93.